The van der Waals surface area contributed by atoms with Crippen molar-refractivity contribution in [2.24, 2.45) is 5.92 Å². The molecule has 1 saturated heterocycles. The molecule has 1 aliphatic carbocycles. The Morgan fingerprint density at radius 1 is 1.24 bits per heavy atom. The molecule has 0 bridgehead atoms. The number of hydrogen-bond acceptors (Lipinski definition) is 6. The normalized spacial score (nSPS) is 17.3. The maximum atomic E-state index is 12.4. The van der Waals surface area contributed by atoms with Gasteiger partial charge in [0, 0.05) is 37.5 Å². The fourth-order valence-electron chi connectivity index (χ4n) is 2.62. The number of nitrogens with one attached hydrogen (secondary N) is 1. The molecule has 9 heteroatoms. The van der Waals surface area contributed by atoms with Crippen LogP contribution in [0.25, 0.3) is 0 Å². The van der Waals surface area contributed by atoms with Gasteiger partial charge in [0.25, 0.3) is 0 Å². The zero-order valence-corrected chi connectivity index (χ0v) is 15.0. The number of anilines is 1. The number of carbonyl (C=O) groups excluding carboxylic acids is 3. The van der Waals surface area contributed by atoms with Gasteiger partial charge in [-0.1, -0.05) is 0 Å². The Morgan fingerprint density at radius 2 is 1.92 bits per heavy atom. The smallest absolute Gasteiger partial charge is 0.409 e. The van der Waals surface area contributed by atoms with Crippen LogP contribution in [-0.2, 0) is 20.7 Å². The highest BCUT2D eigenvalue weighted by atomic mass is 32.1. The Hall–Kier alpha value is -2.16. The van der Waals surface area contributed by atoms with Crippen molar-refractivity contribution >= 4 is 34.4 Å². The van der Waals surface area contributed by atoms with Crippen LogP contribution < -0.4 is 5.32 Å². The molecule has 0 atom stereocenters. The molecule has 1 N–H and O–H groups in total. The molecular weight excluding hydrogens is 344 g/mol. The van der Waals surface area contributed by atoms with Gasteiger partial charge >= 0.3 is 6.09 Å². The lowest BCUT2D eigenvalue weighted by Gasteiger charge is -2.34. The van der Waals surface area contributed by atoms with Crippen molar-refractivity contribution in [1.29, 1.82) is 0 Å². The van der Waals surface area contributed by atoms with E-state index in [2.05, 4.69) is 10.3 Å². The molecule has 1 aromatic heterocycles. The molecule has 0 radical (unpaired) electrons. The standard InChI is InChI=1S/C16H22N4O4S/c1-2-24-16(23)20-7-5-19(6-8-20)13(21)9-12-10-25-15(17-12)18-14(22)11-3-4-11/h10-11H,2-9H2,1H3,(H,17,18,22). The summed E-state index contributed by atoms with van der Waals surface area (Å²) in [6, 6.07) is 0. The highest BCUT2D eigenvalue weighted by Gasteiger charge is 2.30. The van der Waals surface area contributed by atoms with E-state index in [4.69, 9.17) is 4.74 Å². The number of ether oxygens (including phenoxy) is 1. The number of amides is 3. The molecular formula is C16H22N4O4S. The lowest BCUT2D eigenvalue weighted by atomic mass is 10.2. The van der Waals surface area contributed by atoms with Crippen LogP contribution in [0.15, 0.2) is 5.38 Å². The van der Waals surface area contributed by atoms with Gasteiger partial charge in [0.1, 0.15) is 0 Å². The number of piperazine rings is 1. The minimum absolute atomic E-state index is 0.0160. The van der Waals surface area contributed by atoms with Crippen LogP contribution in [-0.4, -0.2) is 65.5 Å². The second-order valence-electron chi connectivity index (χ2n) is 6.15. The third kappa shape index (κ3) is 4.68. The number of carbonyl (C=O) groups is 3. The highest BCUT2D eigenvalue weighted by Crippen LogP contribution is 2.30. The molecule has 1 aliphatic heterocycles. The average Bonchev–Trinajstić information content (AvgIpc) is 3.37. The van der Waals surface area contributed by atoms with Gasteiger partial charge in [0.15, 0.2) is 5.13 Å². The van der Waals surface area contributed by atoms with Gasteiger partial charge in [-0.25, -0.2) is 9.78 Å². The summed E-state index contributed by atoms with van der Waals surface area (Å²) < 4.78 is 4.97. The molecule has 0 unspecified atom stereocenters. The fraction of sp³-hybridized carbons (Fsp3) is 0.625. The fourth-order valence-corrected chi connectivity index (χ4v) is 3.33. The van der Waals surface area contributed by atoms with Gasteiger partial charge in [-0.3, -0.25) is 9.59 Å². The van der Waals surface area contributed by atoms with Gasteiger partial charge in [0.05, 0.1) is 18.7 Å². The first-order valence-electron chi connectivity index (χ1n) is 8.51. The first-order chi connectivity index (χ1) is 12.1. The summed E-state index contributed by atoms with van der Waals surface area (Å²) in [6.45, 7) is 4.06. The predicted molar refractivity (Wildman–Crippen MR) is 92.3 cm³/mol. The molecule has 0 spiro atoms. The van der Waals surface area contributed by atoms with Crippen LogP contribution in [0.4, 0.5) is 9.93 Å². The molecule has 8 nitrogen and oxygen atoms in total. The molecule has 2 fully saturated rings. The molecule has 1 saturated carbocycles. The third-order valence-corrected chi connectivity index (χ3v) is 5.03. The van der Waals surface area contributed by atoms with Crippen molar-refractivity contribution in [3.8, 4) is 0 Å². The molecule has 136 valence electrons. The lowest BCUT2D eigenvalue weighted by molar-refractivity contribution is -0.132. The first kappa shape index (κ1) is 17.7. The van der Waals surface area contributed by atoms with E-state index in [9.17, 15) is 14.4 Å². The Balaban J connectivity index is 1.45. The summed E-state index contributed by atoms with van der Waals surface area (Å²) in [5.74, 6) is 0.126. The van der Waals surface area contributed by atoms with Crippen molar-refractivity contribution in [1.82, 2.24) is 14.8 Å². The Labute approximate surface area is 150 Å². The van der Waals surface area contributed by atoms with E-state index in [0.717, 1.165) is 12.8 Å². The molecule has 25 heavy (non-hydrogen) atoms. The van der Waals surface area contributed by atoms with E-state index in [1.54, 1.807) is 22.1 Å². The van der Waals surface area contributed by atoms with Gasteiger partial charge in [-0.05, 0) is 19.8 Å². The molecule has 2 aliphatic rings. The second-order valence-corrected chi connectivity index (χ2v) is 7.01. The zero-order valence-electron chi connectivity index (χ0n) is 14.2. The quantitative estimate of drug-likeness (QED) is 0.849. The Bertz CT molecular complexity index is 650. The van der Waals surface area contributed by atoms with Crippen molar-refractivity contribution in [2.75, 3.05) is 38.1 Å². The number of rotatable bonds is 5. The summed E-state index contributed by atoms with van der Waals surface area (Å²) in [5.41, 5.74) is 0.661. The van der Waals surface area contributed by atoms with Crippen LogP contribution in [0.2, 0.25) is 0 Å². The maximum absolute atomic E-state index is 12.4. The van der Waals surface area contributed by atoms with Crippen LogP contribution >= 0.6 is 11.3 Å². The highest BCUT2D eigenvalue weighted by molar-refractivity contribution is 7.13. The summed E-state index contributed by atoms with van der Waals surface area (Å²) in [5, 5.41) is 5.14. The first-order valence-corrected chi connectivity index (χ1v) is 9.39. The van der Waals surface area contributed by atoms with Crippen molar-refractivity contribution < 1.29 is 19.1 Å². The topological polar surface area (TPSA) is 91.8 Å². The molecule has 3 amide bonds. The molecule has 3 rings (SSSR count). The van der Waals surface area contributed by atoms with Crippen LogP contribution in [0.5, 0.6) is 0 Å². The van der Waals surface area contributed by atoms with Crippen molar-refractivity contribution in [3.63, 3.8) is 0 Å². The number of nitrogens with zero attached hydrogens (tertiary/aromatic N) is 3. The summed E-state index contributed by atoms with van der Waals surface area (Å²) in [6.07, 6.45) is 1.76. The van der Waals surface area contributed by atoms with Crippen LogP contribution in [0, 0.1) is 5.92 Å². The van der Waals surface area contributed by atoms with Gasteiger partial charge in [-0.2, -0.15) is 0 Å². The third-order valence-electron chi connectivity index (χ3n) is 4.22. The zero-order chi connectivity index (χ0) is 17.8. The summed E-state index contributed by atoms with van der Waals surface area (Å²) in [7, 11) is 0. The van der Waals surface area contributed by atoms with E-state index >= 15 is 0 Å². The molecule has 0 aromatic carbocycles. The van der Waals surface area contributed by atoms with E-state index in [1.807, 2.05) is 0 Å². The molecule has 1 aromatic rings. The van der Waals surface area contributed by atoms with E-state index in [0.29, 0.717) is 43.6 Å². The van der Waals surface area contributed by atoms with Crippen molar-refractivity contribution in [2.45, 2.75) is 26.2 Å². The van der Waals surface area contributed by atoms with Gasteiger partial charge in [0.2, 0.25) is 11.8 Å². The monoisotopic (exact) mass is 366 g/mol. The lowest BCUT2D eigenvalue weighted by Crippen LogP contribution is -2.51. The van der Waals surface area contributed by atoms with Gasteiger partial charge < -0.3 is 19.9 Å². The van der Waals surface area contributed by atoms with E-state index in [1.165, 1.54) is 11.3 Å². The van der Waals surface area contributed by atoms with Crippen molar-refractivity contribution in [3.05, 3.63) is 11.1 Å². The number of thiazole rings is 1. The summed E-state index contributed by atoms with van der Waals surface area (Å²) >= 11 is 1.34. The SMILES string of the molecule is CCOC(=O)N1CCN(C(=O)Cc2csc(NC(=O)C3CC3)n2)CC1. The minimum Gasteiger partial charge on any atom is -0.450 e. The predicted octanol–water partition coefficient (Wildman–Crippen LogP) is 1.33. The average molecular weight is 366 g/mol. The molecule has 2 heterocycles. The maximum Gasteiger partial charge on any atom is 0.409 e. The number of aromatic nitrogens is 1. The van der Waals surface area contributed by atoms with Crippen LogP contribution in [0.3, 0.4) is 0 Å². The Kier molecular flexibility index (Phi) is 5.52. The second kappa shape index (κ2) is 7.81. The van der Waals surface area contributed by atoms with Gasteiger partial charge in [-0.15, -0.1) is 11.3 Å². The van der Waals surface area contributed by atoms with E-state index < -0.39 is 0 Å². The Morgan fingerprint density at radius 3 is 2.56 bits per heavy atom. The number of hydrogen-bond donors (Lipinski definition) is 1. The summed E-state index contributed by atoms with van der Waals surface area (Å²) in [4.78, 5) is 43.4. The largest absolute Gasteiger partial charge is 0.450 e. The van der Waals surface area contributed by atoms with E-state index in [-0.39, 0.29) is 30.2 Å². The van der Waals surface area contributed by atoms with Crippen LogP contribution in [0.1, 0.15) is 25.5 Å². The minimum atomic E-state index is -0.329.